The number of hydrogen-bond donors (Lipinski definition) is 1. The standard InChI is InChI=1S/C12H11BrFNOS/c1-7-15-6-12(17-7)11(16)5-8-2-3-10(14)9(13)4-8/h2-4,6,11,16H,5H2,1H3. The molecule has 0 bridgehead atoms. The molecule has 1 heterocycles. The number of aryl methyl sites for hydroxylation is 1. The zero-order valence-corrected chi connectivity index (χ0v) is 11.6. The van der Waals surface area contributed by atoms with E-state index in [1.54, 1.807) is 18.3 Å². The SMILES string of the molecule is Cc1ncc(C(O)Cc2ccc(F)c(Br)c2)s1. The third-order valence-corrected chi connectivity index (χ3v) is 4.00. The van der Waals surface area contributed by atoms with Gasteiger partial charge in [-0.05, 0) is 40.5 Å². The van der Waals surface area contributed by atoms with E-state index < -0.39 is 6.10 Å². The Hall–Kier alpha value is -0.780. The zero-order valence-electron chi connectivity index (χ0n) is 9.15. The fraction of sp³-hybridized carbons (Fsp3) is 0.250. The molecular formula is C12H11BrFNOS. The van der Waals surface area contributed by atoms with Crippen molar-refractivity contribution in [2.75, 3.05) is 0 Å². The predicted octanol–water partition coefficient (Wildman–Crippen LogP) is 3.63. The number of aromatic nitrogens is 1. The van der Waals surface area contributed by atoms with Gasteiger partial charge in [-0.2, -0.15) is 0 Å². The molecule has 0 aliphatic carbocycles. The molecule has 1 N–H and O–H groups in total. The van der Waals surface area contributed by atoms with Crippen LogP contribution in [0, 0.1) is 12.7 Å². The van der Waals surface area contributed by atoms with E-state index in [9.17, 15) is 9.50 Å². The molecule has 1 unspecified atom stereocenters. The van der Waals surface area contributed by atoms with E-state index in [1.165, 1.54) is 17.4 Å². The Balaban J connectivity index is 2.12. The van der Waals surface area contributed by atoms with Crippen molar-refractivity contribution in [1.29, 1.82) is 0 Å². The molecule has 0 saturated heterocycles. The first-order valence-electron chi connectivity index (χ1n) is 5.10. The maximum atomic E-state index is 13.0. The fourth-order valence-corrected chi connectivity index (χ4v) is 2.72. The summed E-state index contributed by atoms with van der Waals surface area (Å²) >= 11 is 4.61. The first-order chi connectivity index (χ1) is 8.06. The van der Waals surface area contributed by atoms with Crippen LogP contribution in [0.25, 0.3) is 0 Å². The molecule has 0 fully saturated rings. The van der Waals surface area contributed by atoms with Crippen LogP contribution >= 0.6 is 27.3 Å². The second kappa shape index (κ2) is 5.25. The first kappa shape index (κ1) is 12.7. The summed E-state index contributed by atoms with van der Waals surface area (Å²) in [5, 5.41) is 10.9. The van der Waals surface area contributed by atoms with E-state index in [0.717, 1.165) is 15.4 Å². The second-order valence-corrected chi connectivity index (χ2v) is 5.87. The summed E-state index contributed by atoms with van der Waals surface area (Å²) in [5.74, 6) is -0.295. The van der Waals surface area contributed by atoms with Crippen LogP contribution in [-0.2, 0) is 6.42 Å². The van der Waals surface area contributed by atoms with Gasteiger partial charge in [0.15, 0.2) is 0 Å². The van der Waals surface area contributed by atoms with Gasteiger partial charge in [-0.1, -0.05) is 6.07 Å². The van der Waals surface area contributed by atoms with Crippen LogP contribution in [0.1, 0.15) is 21.6 Å². The second-order valence-electron chi connectivity index (χ2n) is 3.75. The summed E-state index contributed by atoms with van der Waals surface area (Å²) in [5.41, 5.74) is 0.886. The molecule has 0 aliphatic rings. The van der Waals surface area contributed by atoms with Crippen molar-refractivity contribution >= 4 is 27.3 Å². The summed E-state index contributed by atoms with van der Waals surface area (Å²) in [7, 11) is 0. The van der Waals surface area contributed by atoms with E-state index in [-0.39, 0.29) is 5.82 Å². The van der Waals surface area contributed by atoms with E-state index in [0.29, 0.717) is 10.9 Å². The van der Waals surface area contributed by atoms with Crippen molar-refractivity contribution in [3.05, 3.63) is 50.1 Å². The molecule has 1 atom stereocenters. The first-order valence-corrected chi connectivity index (χ1v) is 6.71. The molecule has 1 aromatic heterocycles. The van der Waals surface area contributed by atoms with Crippen LogP contribution in [0.4, 0.5) is 4.39 Å². The van der Waals surface area contributed by atoms with Crippen LogP contribution in [0.5, 0.6) is 0 Å². The number of thiazole rings is 1. The normalized spacial score (nSPS) is 12.7. The lowest BCUT2D eigenvalue weighted by molar-refractivity contribution is 0.182. The lowest BCUT2D eigenvalue weighted by Gasteiger charge is -2.08. The van der Waals surface area contributed by atoms with Crippen LogP contribution in [0.15, 0.2) is 28.9 Å². The average Bonchev–Trinajstić information content (AvgIpc) is 2.70. The maximum Gasteiger partial charge on any atom is 0.137 e. The quantitative estimate of drug-likeness (QED) is 0.938. The van der Waals surface area contributed by atoms with Crippen molar-refractivity contribution in [2.45, 2.75) is 19.4 Å². The fourth-order valence-electron chi connectivity index (χ4n) is 1.52. The monoisotopic (exact) mass is 315 g/mol. The van der Waals surface area contributed by atoms with E-state index >= 15 is 0 Å². The third kappa shape index (κ3) is 3.12. The van der Waals surface area contributed by atoms with Crippen molar-refractivity contribution in [2.24, 2.45) is 0 Å². The van der Waals surface area contributed by atoms with Gasteiger partial charge in [-0.3, -0.25) is 0 Å². The highest BCUT2D eigenvalue weighted by Crippen LogP contribution is 2.25. The Morgan fingerprint density at radius 1 is 1.53 bits per heavy atom. The van der Waals surface area contributed by atoms with Gasteiger partial charge in [0.25, 0.3) is 0 Å². The Bertz CT molecular complexity index is 529. The predicted molar refractivity (Wildman–Crippen MR) is 69.6 cm³/mol. The lowest BCUT2D eigenvalue weighted by atomic mass is 10.1. The van der Waals surface area contributed by atoms with Gasteiger partial charge in [0.2, 0.25) is 0 Å². The zero-order chi connectivity index (χ0) is 12.4. The van der Waals surface area contributed by atoms with Crippen LogP contribution in [-0.4, -0.2) is 10.1 Å². The van der Waals surface area contributed by atoms with E-state index in [4.69, 9.17) is 0 Å². The van der Waals surface area contributed by atoms with Gasteiger partial charge in [0.05, 0.1) is 20.5 Å². The van der Waals surface area contributed by atoms with E-state index in [2.05, 4.69) is 20.9 Å². The molecule has 0 saturated carbocycles. The number of halogens is 2. The Labute approximate surface area is 111 Å². The molecule has 5 heteroatoms. The molecule has 0 amide bonds. The topological polar surface area (TPSA) is 33.1 Å². The maximum absolute atomic E-state index is 13.0. The molecule has 17 heavy (non-hydrogen) atoms. The van der Waals surface area contributed by atoms with Crippen molar-refractivity contribution in [3.63, 3.8) is 0 Å². The number of rotatable bonds is 3. The largest absolute Gasteiger partial charge is 0.387 e. The Morgan fingerprint density at radius 2 is 2.29 bits per heavy atom. The lowest BCUT2D eigenvalue weighted by Crippen LogP contribution is -1.99. The smallest absolute Gasteiger partial charge is 0.137 e. The number of hydrogen-bond acceptors (Lipinski definition) is 3. The van der Waals surface area contributed by atoms with Crippen LogP contribution in [0.2, 0.25) is 0 Å². The summed E-state index contributed by atoms with van der Waals surface area (Å²) in [4.78, 5) is 4.94. The minimum atomic E-state index is -0.585. The van der Waals surface area contributed by atoms with Gasteiger partial charge in [-0.15, -0.1) is 11.3 Å². The summed E-state index contributed by atoms with van der Waals surface area (Å²) in [6, 6.07) is 4.76. The number of aliphatic hydroxyl groups excluding tert-OH is 1. The molecule has 90 valence electrons. The molecule has 0 radical (unpaired) electrons. The highest BCUT2D eigenvalue weighted by atomic mass is 79.9. The highest BCUT2D eigenvalue weighted by molar-refractivity contribution is 9.10. The number of aliphatic hydroxyl groups is 1. The summed E-state index contributed by atoms with van der Waals surface area (Å²) < 4.78 is 13.5. The minimum Gasteiger partial charge on any atom is -0.387 e. The molecule has 2 nitrogen and oxygen atoms in total. The van der Waals surface area contributed by atoms with Gasteiger partial charge in [0, 0.05) is 12.6 Å². The molecule has 1 aromatic carbocycles. The van der Waals surface area contributed by atoms with Gasteiger partial charge in [0.1, 0.15) is 5.82 Å². The van der Waals surface area contributed by atoms with Gasteiger partial charge in [-0.25, -0.2) is 9.37 Å². The average molecular weight is 316 g/mol. The number of benzene rings is 1. The van der Waals surface area contributed by atoms with Crippen molar-refractivity contribution in [3.8, 4) is 0 Å². The van der Waals surface area contributed by atoms with Crippen LogP contribution in [0.3, 0.4) is 0 Å². The summed E-state index contributed by atoms with van der Waals surface area (Å²) in [6.45, 7) is 1.90. The molecule has 0 spiro atoms. The van der Waals surface area contributed by atoms with Crippen LogP contribution < -0.4 is 0 Å². The van der Waals surface area contributed by atoms with Gasteiger partial charge >= 0.3 is 0 Å². The molecule has 2 aromatic rings. The molecule has 2 rings (SSSR count). The number of nitrogens with zero attached hydrogens (tertiary/aromatic N) is 1. The van der Waals surface area contributed by atoms with E-state index in [1.807, 2.05) is 6.92 Å². The highest BCUT2D eigenvalue weighted by Gasteiger charge is 2.12. The Morgan fingerprint density at radius 3 is 2.88 bits per heavy atom. The summed E-state index contributed by atoms with van der Waals surface area (Å²) in [6.07, 6.45) is 1.56. The Kier molecular flexibility index (Phi) is 3.91. The third-order valence-electron chi connectivity index (χ3n) is 2.38. The van der Waals surface area contributed by atoms with Gasteiger partial charge < -0.3 is 5.11 Å². The molecular weight excluding hydrogens is 305 g/mol. The molecule has 0 aliphatic heterocycles. The minimum absolute atomic E-state index is 0.295. The van der Waals surface area contributed by atoms with Crippen molar-refractivity contribution in [1.82, 2.24) is 4.98 Å². The van der Waals surface area contributed by atoms with Crippen molar-refractivity contribution < 1.29 is 9.50 Å².